The molecule has 0 radical (unpaired) electrons. The van der Waals surface area contributed by atoms with Crippen molar-refractivity contribution in [3.63, 3.8) is 0 Å². The molecule has 0 saturated heterocycles. The summed E-state index contributed by atoms with van der Waals surface area (Å²) < 4.78 is 21.0. The molecular formula is C16H14ClFN4O. The molecule has 118 valence electrons. The molecule has 23 heavy (non-hydrogen) atoms. The van der Waals surface area contributed by atoms with Crippen molar-refractivity contribution in [2.45, 2.75) is 13.2 Å². The molecule has 0 atom stereocenters. The molecule has 3 rings (SSSR count). The van der Waals surface area contributed by atoms with Crippen LogP contribution >= 0.6 is 11.6 Å². The van der Waals surface area contributed by atoms with Gasteiger partial charge in [0, 0.05) is 16.1 Å². The second-order valence-electron chi connectivity index (χ2n) is 4.84. The van der Waals surface area contributed by atoms with Gasteiger partial charge in [0.25, 0.3) is 0 Å². The van der Waals surface area contributed by atoms with Gasteiger partial charge in [-0.2, -0.15) is 0 Å². The first-order valence-electron chi connectivity index (χ1n) is 6.95. The lowest BCUT2D eigenvalue weighted by Crippen LogP contribution is -2.13. The van der Waals surface area contributed by atoms with Crippen molar-refractivity contribution < 1.29 is 9.13 Å². The highest BCUT2D eigenvalue weighted by Crippen LogP contribution is 2.24. The Morgan fingerprint density at radius 3 is 2.65 bits per heavy atom. The van der Waals surface area contributed by atoms with Gasteiger partial charge in [-0.15, -0.1) is 10.2 Å². The summed E-state index contributed by atoms with van der Waals surface area (Å²) in [6.07, 6.45) is 3.09. The van der Waals surface area contributed by atoms with Gasteiger partial charge in [0.05, 0.1) is 6.54 Å². The standard InChI is InChI=1S/C16H14ClFN4O/c17-14-5-6-16(23-9-12-3-1-2-4-15(12)18)13(7-14)8-21-22-10-19-20-11-22/h1-7,10-11,21H,8-9H2. The number of ether oxygens (including phenoxy) is 1. The van der Waals surface area contributed by atoms with Crippen molar-refractivity contribution in [2.75, 3.05) is 5.43 Å². The maximum atomic E-state index is 13.7. The molecular weight excluding hydrogens is 319 g/mol. The van der Waals surface area contributed by atoms with E-state index < -0.39 is 0 Å². The number of hydrogen-bond donors (Lipinski definition) is 1. The zero-order chi connectivity index (χ0) is 16.1. The molecule has 0 saturated carbocycles. The fourth-order valence-corrected chi connectivity index (χ4v) is 2.25. The smallest absolute Gasteiger partial charge is 0.138 e. The van der Waals surface area contributed by atoms with Crippen molar-refractivity contribution in [2.24, 2.45) is 0 Å². The zero-order valence-corrected chi connectivity index (χ0v) is 12.9. The first-order chi connectivity index (χ1) is 11.2. The SMILES string of the molecule is Fc1ccccc1COc1ccc(Cl)cc1CNn1cnnc1. The fourth-order valence-electron chi connectivity index (χ4n) is 2.06. The van der Waals surface area contributed by atoms with E-state index in [1.54, 1.807) is 53.7 Å². The number of nitrogens with zero attached hydrogens (tertiary/aromatic N) is 3. The number of benzene rings is 2. The molecule has 7 heteroatoms. The van der Waals surface area contributed by atoms with E-state index >= 15 is 0 Å². The van der Waals surface area contributed by atoms with Crippen LogP contribution in [0.5, 0.6) is 5.75 Å². The minimum absolute atomic E-state index is 0.147. The van der Waals surface area contributed by atoms with E-state index in [0.29, 0.717) is 22.9 Å². The van der Waals surface area contributed by atoms with Gasteiger partial charge in [0.15, 0.2) is 0 Å². The highest BCUT2D eigenvalue weighted by atomic mass is 35.5. The van der Waals surface area contributed by atoms with Crippen molar-refractivity contribution >= 4 is 11.6 Å². The van der Waals surface area contributed by atoms with Gasteiger partial charge >= 0.3 is 0 Å². The molecule has 0 aliphatic carbocycles. The Hall–Kier alpha value is -2.60. The Morgan fingerprint density at radius 2 is 1.87 bits per heavy atom. The van der Waals surface area contributed by atoms with Crippen molar-refractivity contribution in [1.29, 1.82) is 0 Å². The molecule has 0 fully saturated rings. The number of halogens is 2. The topological polar surface area (TPSA) is 52.0 Å². The summed E-state index contributed by atoms with van der Waals surface area (Å²) in [6, 6.07) is 11.8. The summed E-state index contributed by atoms with van der Waals surface area (Å²) in [5.41, 5.74) is 4.45. The van der Waals surface area contributed by atoms with Crippen LogP contribution in [0, 0.1) is 5.82 Å². The third kappa shape index (κ3) is 3.98. The molecule has 1 aromatic heterocycles. The van der Waals surface area contributed by atoms with Crippen LogP contribution in [-0.2, 0) is 13.2 Å². The van der Waals surface area contributed by atoms with Crippen molar-refractivity contribution in [3.8, 4) is 5.75 Å². The van der Waals surface area contributed by atoms with Crippen LogP contribution in [0.15, 0.2) is 55.1 Å². The molecule has 0 unspecified atom stereocenters. The second kappa shape index (κ2) is 7.11. The maximum Gasteiger partial charge on any atom is 0.138 e. The minimum Gasteiger partial charge on any atom is -0.488 e. The third-order valence-corrected chi connectivity index (χ3v) is 3.47. The van der Waals surface area contributed by atoms with Gasteiger partial charge in [-0.05, 0) is 24.3 Å². The van der Waals surface area contributed by atoms with E-state index in [0.717, 1.165) is 5.56 Å². The summed E-state index contributed by atoms with van der Waals surface area (Å²) in [7, 11) is 0. The van der Waals surface area contributed by atoms with Crippen LogP contribution in [0.1, 0.15) is 11.1 Å². The van der Waals surface area contributed by atoms with Crippen LogP contribution in [0.2, 0.25) is 5.02 Å². The van der Waals surface area contributed by atoms with Crippen molar-refractivity contribution in [1.82, 2.24) is 14.9 Å². The average molecular weight is 333 g/mol. The molecule has 0 aliphatic heterocycles. The quantitative estimate of drug-likeness (QED) is 0.751. The Balaban J connectivity index is 1.72. The Bertz CT molecular complexity index is 780. The predicted molar refractivity (Wildman–Crippen MR) is 85.3 cm³/mol. The van der Waals surface area contributed by atoms with E-state index in [2.05, 4.69) is 15.6 Å². The Labute approximate surface area is 137 Å². The van der Waals surface area contributed by atoms with E-state index in [4.69, 9.17) is 16.3 Å². The van der Waals surface area contributed by atoms with E-state index in [1.165, 1.54) is 6.07 Å². The maximum absolute atomic E-state index is 13.7. The number of aromatic nitrogens is 3. The highest BCUT2D eigenvalue weighted by molar-refractivity contribution is 6.30. The number of rotatable bonds is 6. The predicted octanol–water partition coefficient (Wildman–Crippen LogP) is 3.39. The van der Waals surface area contributed by atoms with Crippen molar-refractivity contribution in [3.05, 3.63) is 77.1 Å². The zero-order valence-electron chi connectivity index (χ0n) is 12.1. The molecule has 1 heterocycles. The Morgan fingerprint density at radius 1 is 1.09 bits per heavy atom. The van der Waals surface area contributed by atoms with Gasteiger partial charge in [-0.25, -0.2) is 9.07 Å². The lowest BCUT2D eigenvalue weighted by molar-refractivity contribution is 0.297. The second-order valence-corrected chi connectivity index (χ2v) is 5.27. The molecule has 3 aromatic rings. The van der Waals surface area contributed by atoms with E-state index in [-0.39, 0.29) is 12.4 Å². The third-order valence-electron chi connectivity index (χ3n) is 3.23. The molecule has 0 bridgehead atoms. The first-order valence-corrected chi connectivity index (χ1v) is 7.33. The highest BCUT2D eigenvalue weighted by Gasteiger charge is 2.07. The number of nitrogens with one attached hydrogen (secondary N) is 1. The Kier molecular flexibility index (Phi) is 4.73. The molecule has 5 nitrogen and oxygen atoms in total. The monoisotopic (exact) mass is 332 g/mol. The summed E-state index contributed by atoms with van der Waals surface area (Å²) >= 11 is 6.05. The van der Waals surface area contributed by atoms with Crippen LogP contribution in [0.4, 0.5) is 4.39 Å². The van der Waals surface area contributed by atoms with E-state index in [9.17, 15) is 4.39 Å². The van der Waals surface area contributed by atoms with E-state index in [1.807, 2.05) is 0 Å². The lowest BCUT2D eigenvalue weighted by atomic mass is 10.2. The van der Waals surface area contributed by atoms with Gasteiger partial charge in [-0.1, -0.05) is 29.8 Å². The van der Waals surface area contributed by atoms with Gasteiger partial charge in [0.2, 0.25) is 0 Å². The average Bonchev–Trinajstić information content (AvgIpc) is 3.07. The molecule has 0 amide bonds. The van der Waals surface area contributed by atoms with Gasteiger partial charge in [0.1, 0.15) is 30.8 Å². The largest absolute Gasteiger partial charge is 0.488 e. The van der Waals surface area contributed by atoms with Gasteiger partial charge < -0.3 is 10.2 Å². The molecule has 2 aromatic carbocycles. The summed E-state index contributed by atoms with van der Waals surface area (Å²) in [5.74, 6) is 0.351. The lowest BCUT2D eigenvalue weighted by Gasteiger charge is -2.13. The van der Waals surface area contributed by atoms with Crippen LogP contribution < -0.4 is 10.2 Å². The van der Waals surface area contributed by atoms with Crippen LogP contribution in [0.25, 0.3) is 0 Å². The normalized spacial score (nSPS) is 10.5. The van der Waals surface area contributed by atoms with Crippen LogP contribution in [0.3, 0.4) is 0 Å². The first kappa shape index (κ1) is 15.3. The molecule has 0 spiro atoms. The minimum atomic E-state index is -0.286. The molecule has 1 N–H and O–H groups in total. The molecule has 0 aliphatic rings. The summed E-state index contributed by atoms with van der Waals surface area (Å²) in [6.45, 7) is 0.610. The summed E-state index contributed by atoms with van der Waals surface area (Å²) in [5, 5.41) is 8.02. The van der Waals surface area contributed by atoms with Crippen LogP contribution in [-0.4, -0.2) is 14.9 Å². The fraction of sp³-hybridized carbons (Fsp3) is 0.125. The number of hydrogen-bond acceptors (Lipinski definition) is 4. The summed E-state index contributed by atoms with van der Waals surface area (Å²) in [4.78, 5) is 0. The van der Waals surface area contributed by atoms with Gasteiger partial charge in [-0.3, -0.25) is 0 Å².